The maximum absolute atomic E-state index is 11.2. The number of aromatic nitrogens is 2. The molecule has 0 saturated carbocycles. The molecule has 0 aliphatic rings. The van der Waals surface area contributed by atoms with Crippen LogP contribution in [0.2, 0.25) is 0 Å². The van der Waals surface area contributed by atoms with Crippen molar-refractivity contribution in [3.05, 3.63) is 18.0 Å². The van der Waals surface area contributed by atoms with Gasteiger partial charge in [-0.1, -0.05) is 6.92 Å². The summed E-state index contributed by atoms with van der Waals surface area (Å²) in [7, 11) is 0. The number of nitrogens with one attached hydrogen (secondary N) is 2. The number of rotatable bonds is 4. The fourth-order valence-corrected chi connectivity index (χ4v) is 1.12. The second-order valence-electron chi connectivity index (χ2n) is 3.07. The Hall–Kier alpha value is -1.32. The number of hydrogen-bond acceptors (Lipinski definition) is 2. The molecular formula is C9H15N3O. The Labute approximate surface area is 77.7 Å². The molecule has 0 saturated heterocycles. The summed E-state index contributed by atoms with van der Waals surface area (Å²) in [5.41, 5.74) is 1.00. The molecule has 0 aliphatic carbocycles. The Morgan fingerprint density at radius 1 is 1.77 bits per heavy atom. The summed E-state index contributed by atoms with van der Waals surface area (Å²) in [6.07, 6.45) is 4.97. The van der Waals surface area contributed by atoms with Crippen molar-refractivity contribution in [2.45, 2.75) is 32.7 Å². The topological polar surface area (TPSA) is 57.8 Å². The van der Waals surface area contributed by atoms with Crippen molar-refractivity contribution in [2.75, 3.05) is 0 Å². The lowest BCUT2D eigenvalue weighted by atomic mass is 10.2. The zero-order chi connectivity index (χ0) is 9.68. The van der Waals surface area contributed by atoms with Crippen molar-refractivity contribution in [1.82, 2.24) is 15.5 Å². The Morgan fingerprint density at radius 2 is 2.54 bits per heavy atom. The molecule has 2 N–H and O–H groups in total. The normalized spacial score (nSPS) is 12.5. The monoisotopic (exact) mass is 181 g/mol. The van der Waals surface area contributed by atoms with Crippen molar-refractivity contribution in [1.29, 1.82) is 0 Å². The smallest absolute Gasteiger partial charge is 0.220 e. The third kappa shape index (κ3) is 2.89. The van der Waals surface area contributed by atoms with Gasteiger partial charge in [-0.25, -0.2) is 0 Å². The molecule has 0 aromatic carbocycles. The van der Waals surface area contributed by atoms with Crippen LogP contribution in [0.4, 0.5) is 0 Å². The minimum atomic E-state index is 0.0396. The third-order valence-corrected chi connectivity index (χ3v) is 1.87. The van der Waals surface area contributed by atoms with E-state index in [-0.39, 0.29) is 11.9 Å². The molecule has 1 unspecified atom stereocenters. The molecule has 0 radical (unpaired) electrons. The van der Waals surface area contributed by atoms with Crippen LogP contribution in [0.5, 0.6) is 0 Å². The van der Waals surface area contributed by atoms with Crippen LogP contribution in [0.3, 0.4) is 0 Å². The highest BCUT2D eigenvalue weighted by atomic mass is 16.1. The first-order valence-corrected chi connectivity index (χ1v) is 4.52. The second-order valence-corrected chi connectivity index (χ2v) is 3.07. The van der Waals surface area contributed by atoms with Gasteiger partial charge in [-0.05, 0) is 13.3 Å². The lowest BCUT2D eigenvalue weighted by Gasteiger charge is -2.10. The standard InChI is InChI=1S/C9H15N3O/c1-3-4-9(13)12-7(2)8-5-10-11-6-8/h5-7H,3-4H2,1-2H3,(H,10,11)(H,12,13). The van der Waals surface area contributed by atoms with Gasteiger partial charge >= 0.3 is 0 Å². The van der Waals surface area contributed by atoms with E-state index in [0.29, 0.717) is 6.42 Å². The van der Waals surface area contributed by atoms with Gasteiger partial charge in [0.25, 0.3) is 0 Å². The minimum Gasteiger partial charge on any atom is -0.349 e. The van der Waals surface area contributed by atoms with E-state index < -0.39 is 0 Å². The second kappa shape index (κ2) is 4.64. The summed E-state index contributed by atoms with van der Waals surface area (Å²) in [6, 6.07) is 0.0396. The van der Waals surface area contributed by atoms with Gasteiger partial charge in [0.05, 0.1) is 12.2 Å². The summed E-state index contributed by atoms with van der Waals surface area (Å²) < 4.78 is 0. The average molecular weight is 181 g/mol. The van der Waals surface area contributed by atoms with Crippen LogP contribution in [0.1, 0.15) is 38.3 Å². The number of carbonyl (C=O) groups excluding carboxylic acids is 1. The number of amides is 1. The quantitative estimate of drug-likeness (QED) is 0.737. The minimum absolute atomic E-state index is 0.0396. The Bertz CT molecular complexity index is 256. The van der Waals surface area contributed by atoms with Crippen LogP contribution in [-0.4, -0.2) is 16.1 Å². The Kier molecular flexibility index (Phi) is 3.49. The lowest BCUT2D eigenvalue weighted by molar-refractivity contribution is -0.121. The fraction of sp³-hybridized carbons (Fsp3) is 0.556. The molecule has 1 aromatic rings. The number of aromatic amines is 1. The molecule has 0 aliphatic heterocycles. The Morgan fingerprint density at radius 3 is 3.08 bits per heavy atom. The SMILES string of the molecule is CCCC(=O)NC(C)c1cn[nH]c1. The van der Waals surface area contributed by atoms with E-state index in [0.717, 1.165) is 12.0 Å². The summed E-state index contributed by atoms with van der Waals surface area (Å²) in [6.45, 7) is 3.93. The first-order chi connectivity index (χ1) is 6.24. The van der Waals surface area contributed by atoms with Crippen LogP contribution in [0.15, 0.2) is 12.4 Å². The highest BCUT2D eigenvalue weighted by molar-refractivity contribution is 5.76. The van der Waals surface area contributed by atoms with Crippen molar-refractivity contribution in [3.63, 3.8) is 0 Å². The van der Waals surface area contributed by atoms with Gasteiger partial charge < -0.3 is 5.32 Å². The first kappa shape index (κ1) is 9.77. The van der Waals surface area contributed by atoms with Crippen LogP contribution < -0.4 is 5.32 Å². The van der Waals surface area contributed by atoms with Gasteiger partial charge in [-0.2, -0.15) is 5.10 Å². The molecule has 1 amide bonds. The maximum atomic E-state index is 11.2. The molecule has 1 heterocycles. The van der Waals surface area contributed by atoms with Gasteiger partial charge in [0.2, 0.25) is 5.91 Å². The predicted octanol–water partition coefficient (Wildman–Crippen LogP) is 1.39. The van der Waals surface area contributed by atoms with Crippen LogP contribution in [0, 0.1) is 0 Å². The molecule has 0 bridgehead atoms. The van der Waals surface area contributed by atoms with Gasteiger partial charge in [0.15, 0.2) is 0 Å². The Balaban J connectivity index is 2.42. The molecule has 1 atom stereocenters. The molecule has 0 spiro atoms. The van der Waals surface area contributed by atoms with Gasteiger partial charge in [-0.3, -0.25) is 9.89 Å². The van der Waals surface area contributed by atoms with E-state index in [1.165, 1.54) is 0 Å². The molecule has 4 heteroatoms. The highest BCUT2D eigenvalue weighted by Gasteiger charge is 2.08. The summed E-state index contributed by atoms with van der Waals surface area (Å²) in [4.78, 5) is 11.2. The zero-order valence-corrected chi connectivity index (χ0v) is 8.00. The van der Waals surface area contributed by atoms with E-state index in [2.05, 4.69) is 15.5 Å². The molecule has 13 heavy (non-hydrogen) atoms. The zero-order valence-electron chi connectivity index (χ0n) is 8.00. The van der Waals surface area contributed by atoms with Crippen LogP contribution in [-0.2, 0) is 4.79 Å². The van der Waals surface area contributed by atoms with E-state index >= 15 is 0 Å². The molecule has 1 aromatic heterocycles. The fourth-order valence-electron chi connectivity index (χ4n) is 1.12. The third-order valence-electron chi connectivity index (χ3n) is 1.87. The van der Waals surface area contributed by atoms with Crippen molar-refractivity contribution in [3.8, 4) is 0 Å². The number of H-pyrrole nitrogens is 1. The van der Waals surface area contributed by atoms with E-state index in [1.54, 1.807) is 12.4 Å². The summed E-state index contributed by atoms with van der Waals surface area (Å²) in [5.74, 6) is 0.0937. The predicted molar refractivity (Wildman–Crippen MR) is 50.1 cm³/mol. The number of carbonyl (C=O) groups is 1. The molecular weight excluding hydrogens is 166 g/mol. The van der Waals surface area contributed by atoms with E-state index in [4.69, 9.17) is 0 Å². The van der Waals surface area contributed by atoms with Crippen molar-refractivity contribution < 1.29 is 4.79 Å². The maximum Gasteiger partial charge on any atom is 0.220 e. The van der Waals surface area contributed by atoms with Gasteiger partial charge in [0.1, 0.15) is 0 Å². The number of hydrogen-bond donors (Lipinski definition) is 2. The highest BCUT2D eigenvalue weighted by Crippen LogP contribution is 2.08. The van der Waals surface area contributed by atoms with E-state index in [9.17, 15) is 4.79 Å². The van der Waals surface area contributed by atoms with Crippen LogP contribution in [0.25, 0.3) is 0 Å². The van der Waals surface area contributed by atoms with Gasteiger partial charge in [0, 0.05) is 18.2 Å². The van der Waals surface area contributed by atoms with Crippen molar-refractivity contribution >= 4 is 5.91 Å². The van der Waals surface area contributed by atoms with Crippen LogP contribution >= 0.6 is 0 Å². The molecule has 0 fully saturated rings. The summed E-state index contributed by atoms with van der Waals surface area (Å²) in [5, 5.41) is 9.42. The largest absolute Gasteiger partial charge is 0.349 e. The molecule has 72 valence electrons. The molecule has 1 rings (SSSR count). The average Bonchev–Trinajstić information content (AvgIpc) is 2.55. The number of nitrogens with zero attached hydrogens (tertiary/aromatic N) is 1. The summed E-state index contributed by atoms with van der Waals surface area (Å²) >= 11 is 0. The first-order valence-electron chi connectivity index (χ1n) is 4.52. The van der Waals surface area contributed by atoms with Crippen molar-refractivity contribution in [2.24, 2.45) is 0 Å². The lowest BCUT2D eigenvalue weighted by Crippen LogP contribution is -2.25. The van der Waals surface area contributed by atoms with E-state index in [1.807, 2.05) is 13.8 Å². The van der Waals surface area contributed by atoms with Gasteiger partial charge in [-0.15, -0.1) is 0 Å². The molecule has 4 nitrogen and oxygen atoms in total.